The van der Waals surface area contributed by atoms with Crippen molar-refractivity contribution in [3.05, 3.63) is 35.4 Å². The van der Waals surface area contributed by atoms with Crippen LogP contribution in [0.1, 0.15) is 38.8 Å². The van der Waals surface area contributed by atoms with Gasteiger partial charge >= 0.3 is 0 Å². The van der Waals surface area contributed by atoms with Gasteiger partial charge in [0.05, 0.1) is 0 Å². The minimum absolute atomic E-state index is 0.0489. The van der Waals surface area contributed by atoms with Crippen LogP contribution >= 0.6 is 0 Å². The van der Waals surface area contributed by atoms with E-state index >= 15 is 0 Å². The van der Waals surface area contributed by atoms with Crippen LogP contribution in [-0.2, 0) is 11.3 Å². The lowest BCUT2D eigenvalue weighted by atomic mass is 10.0. The fourth-order valence-corrected chi connectivity index (χ4v) is 3.07. The summed E-state index contributed by atoms with van der Waals surface area (Å²) in [4.78, 5) is 12.3. The van der Waals surface area contributed by atoms with Gasteiger partial charge < -0.3 is 10.4 Å². The topological polar surface area (TPSA) is 49.3 Å². The zero-order valence-electron chi connectivity index (χ0n) is 13.2. The number of aliphatic hydroxyl groups is 1. The van der Waals surface area contributed by atoms with Crippen LogP contribution in [0.5, 0.6) is 0 Å². The Hall–Kier alpha value is -1.79. The number of hydrogen-bond donors (Lipinski definition) is 2. The van der Waals surface area contributed by atoms with Crippen LogP contribution < -0.4 is 5.32 Å². The maximum atomic E-state index is 12.3. The molecular formula is C18H23NO2. The lowest BCUT2D eigenvalue weighted by Crippen LogP contribution is -2.27. The van der Waals surface area contributed by atoms with Crippen molar-refractivity contribution in [1.29, 1.82) is 0 Å². The van der Waals surface area contributed by atoms with E-state index in [0.717, 1.165) is 11.1 Å². The van der Waals surface area contributed by atoms with Crippen molar-refractivity contribution < 1.29 is 9.90 Å². The van der Waals surface area contributed by atoms with E-state index in [9.17, 15) is 4.79 Å². The summed E-state index contributed by atoms with van der Waals surface area (Å²) in [6.45, 7) is 8.86. The SMILES string of the molecule is CC1(C)C(C(=O)NCc2ccccc2C#CCO)C1(C)C. The summed E-state index contributed by atoms with van der Waals surface area (Å²) in [5.41, 5.74) is 1.92. The maximum absolute atomic E-state index is 12.3. The monoisotopic (exact) mass is 285 g/mol. The summed E-state index contributed by atoms with van der Waals surface area (Å²) in [5.74, 6) is 5.72. The van der Waals surface area contributed by atoms with Crippen molar-refractivity contribution in [2.24, 2.45) is 16.7 Å². The van der Waals surface area contributed by atoms with Gasteiger partial charge in [-0.1, -0.05) is 57.7 Å². The lowest BCUT2D eigenvalue weighted by molar-refractivity contribution is -0.123. The minimum Gasteiger partial charge on any atom is -0.384 e. The molecule has 0 unspecified atom stereocenters. The van der Waals surface area contributed by atoms with E-state index < -0.39 is 0 Å². The first-order valence-corrected chi connectivity index (χ1v) is 7.27. The molecule has 1 aliphatic carbocycles. The molecule has 112 valence electrons. The van der Waals surface area contributed by atoms with Crippen molar-refractivity contribution >= 4 is 5.91 Å². The zero-order chi connectivity index (χ0) is 15.7. The second-order valence-corrected chi connectivity index (χ2v) is 6.71. The van der Waals surface area contributed by atoms with Gasteiger partial charge in [0.15, 0.2) is 0 Å². The summed E-state index contributed by atoms with van der Waals surface area (Å²) in [6, 6.07) is 7.68. The van der Waals surface area contributed by atoms with Crippen LogP contribution in [0.4, 0.5) is 0 Å². The molecular weight excluding hydrogens is 262 g/mol. The quantitative estimate of drug-likeness (QED) is 0.837. The molecule has 3 heteroatoms. The van der Waals surface area contributed by atoms with Gasteiger partial charge in [0, 0.05) is 18.0 Å². The minimum atomic E-state index is -0.162. The maximum Gasteiger partial charge on any atom is 0.224 e. The Morgan fingerprint density at radius 2 is 1.86 bits per heavy atom. The Balaban J connectivity index is 2.03. The van der Waals surface area contributed by atoms with Crippen molar-refractivity contribution in [3.8, 4) is 11.8 Å². The van der Waals surface area contributed by atoms with Crippen molar-refractivity contribution in [3.63, 3.8) is 0 Å². The molecule has 0 bridgehead atoms. The highest BCUT2D eigenvalue weighted by atomic mass is 16.2. The Bertz CT molecular complexity index is 591. The van der Waals surface area contributed by atoms with Crippen LogP contribution in [0.25, 0.3) is 0 Å². The Morgan fingerprint density at radius 3 is 2.43 bits per heavy atom. The van der Waals surface area contributed by atoms with Crippen LogP contribution in [-0.4, -0.2) is 17.6 Å². The normalized spacial score (nSPS) is 18.5. The number of benzene rings is 1. The molecule has 21 heavy (non-hydrogen) atoms. The van der Waals surface area contributed by atoms with Gasteiger partial charge in [-0.2, -0.15) is 0 Å². The first-order valence-electron chi connectivity index (χ1n) is 7.27. The number of carbonyl (C=O) groups excluding carboxylic acids is 1. The molecule has 1 aromatic rings. The molecule has 0 aliphatic heterocycles. The third-order valence-corrected chi connectivity index (χ3v) is 5.06. The fourth-order valence-electron chi connectivity index (χ4n) is 3.07. The number of nitrogens with one attached hydrogen (secondary N) is 1. The molecule has 0 saturated heterocycles. The van der Waals surface area contributed by atoms with E-state index in [1.54, 1.807) is 0 Å². The van der Waals surface area contributed by atoms with Crippen LogP contribution in [0.3, 0.4) is 0 Å². The van der Waals surface area contributed by atoms with E-state index in [1.165, 1.54) is 0 Å². The molecule has 2 N–H and O–H groups in total. The van der Waals surface area contributed by atoms with E-state index in [2.05, 4.69) is 44.9 Å². The molecule has 2 rings (SSSR count). The van der Waals surface area contributed by atoms with E-state index in [1.807, 2.05) is 24.3 Å². The molecule has 1 amide bonds. The highest BCUT2D eigenvalue weighted by molar-refractivity contribution is 5.84. The summed E-state index contributed by atoms with van der Waals surface area (Å²) in [7, 11) is 0. The number of aliphatic hydroxyl groups excluding tert-OH is 1. The number of carbonyl (C=O) groups is 1. The Labute approximate surface area is 126 Å². The molecule has 1 fully saturated rings. The zero-order valence-corrected chi connectivity index (χ0v) is 13.2. The standard InChI is InChI=1S/C18H23NO2/c1-17(2)15(18(17,3)4)16(21)19-12-14-9-6-5-8-13(14)10-7-11-20/h5-6,8-9,15,20H,11-12H2,1-4H3,(H,19,21). The molecule has 0 aromatic heterocycles. The van der Waals surface area contributed by atoms with E-state index in [-0.39, 0.29) is 29.3 Å². The largest absolute Gasteiger partial charge is 0.384 e. The molecule has 0 heterocycles. The predicted octanol–water partition coefficient (Wildman–Crippen LogP) is 2.33. The molecule has 1 saturated carbocycles. The Morgan fingerprint density at radius 1 is 1.24 bits per heavy atom. The van der Waals surface area contributed by atoms with Gasteiger partial charge in [-0.15, -0.1) is 0 Å². The van der Waals surface area contributed by atoms with Crippen LogP contribution in [0.2, 0.25) is 0 Å². The van der Waals surface area contributed by atoms with Gasteiger partial charge in [-0.3, -0.25) is 4.79 Å². The molecule has 0 atom stereocenters. The lowest BCUT2D eigenvalue weighted by Gasteiger charge is -2.08. The van der Waals surface area contributed by atoms with E-state index in [0.29, 0.717) is 6.54 Å². The second-order valence-electron chi connectivity index (χ2n) is 6.71. The molecule has 3 nitrogen and oxygen atoms in total. The molecule has 0 spiro atoms. The molecule has 1 aliphatic rings. The van der Waals surface area contributed by atoms with Gasteiger partial charge in [-0.25, -0.2) is 0 Å². The fraction of sp³-hybridized carbons (Fsp3) is 0.500. The van der Waals surface area contributed by atoms with Crippen LogP contribution in [0, 0.1) is 28.6 Å². The molecule has 0 radical (unpaired) electrons. The van der Waals surface area contributed by atoms with Crippen molar-refractivity contribution in [2.75, 3.05) is 6.61 Å². The van der Waals surface area contributed by atoms with Gasteiger partial charge in [0.25, 0.3) is 0 Å². The highest BCUT2D eigenvalue weighted by Crippen LogP contribution is 2.68. The van der Waals surface area contributed by atoms with Crippen molar-refractivity contribution in [2.45, 2.75) is 34.2 Å². The van der Waals surface area contributed by atoms with E-state index in [4.69, 9.17) is 5.11 Å². The molecule has 1 aromatic carbocycles. The average Bonchev–Trinajstić information content (AvgIpc) is 2.84. The van der Waals surface area contributed by atoms with Crippen molar-refractivity contribution in [1.82, 2.24) is 5.32 Å². The summed E-state index contributed by atoms with van der Waals surface area (Å²) in [5, 5.41) is 11.8. The first-order chi connectivity index (χ1) is 9.82. The highest BCUT2D eigenvalue weighted by Gasteiger charge is 2.68. The van der Waals surface area contributed by atoms with Crippen LogP contribution in [0.15, 0.2) is 24.3 Å². The summed E-state index contributed by atoms with van der Waals surface area (Å²) < 4.78 is 0. The third-order valence-electron chi connectivity index (χ3n) is 5.06. The summed E-state index contributed by atoms with van der Waals surface area (Å²) >= 11 is 0. The average molecular weight is 285 g/mol. The van der Waals surface area contributed by atoms with Gasteiger partial charge in [0.2, 0.25) is 5.91 Å². The number of rotatable bonds is 3. The predicted molar refractivity (Wildman–Crippen MR) is 83.3 cm³/mol. The smallest absolute Gasteiger partial charge is 0.224 e. The Kier molecular flexibility index (Phi) is 4.11. The number of amides is 1. The first kappa shape index (κ1) is 15.6. The van der Waals surface area contributed by atoms with Gasteiger partial charge in [-0.05, 0) is 22.5 Å². The second kappa shape index (κ2) is 5.54. The number of hydrogen-bond acceptors (Lipinski definition) is 2. The summed E-state index contributed by atoms with van der Waals surface area (Å²) in [6.07, 6.45) is 0. The van der Waals surface area contributed by atoms with Gasteiger partial charge in [0.1, 0.15) is 6.61 Å². The third kappa shape index (κ3) is 2.82.